The first-order valence-corrected chi connectivity index (χ1v) is 12.0. The lowest BCUT2D eigenvalue weighted by molar-refractivity contribution is -0.130. The smallest absolute Gasteiger partial charge is 0.298 e. The Balaban J connectivity index is 1.43. The molecule has 2 aromatic heterocycles. The molecule has 3 heterocycles. The van der Waals surface area contributed by atoms with Gasteiger partial charge in [0.25, 0.3) is 11.8 Å². The minimum atomic E-state index is -0.668. The zero-order valence-corrected chi connectivity index (χ0v) is 20.5. The molecule has 1 spiro atoms. The van der Waals surface area contributed by atoms with Gasteiger partial charge in [-0.3, -0.25) is 9.59 Å². The minimum Gasteiger partial charge on any atom is -0.439 e. The number of carbonyl (C=O) groups is 2. The van der Waals surface area contributed by atoms with Crippen molar-refractivity contribution in [1.82, 2.24) is 19.7 Å². The second kappa shape index (κ2) is 9.21. The fourth-order valence-electron chi connectivity index (χ4n) is 4.80. The third kappa shape index (κ3) is 4.36. The number of nitrogens with two attached hydrogens (primary N) is 2. The molecule has 3 aromatic rings. The van der Waals surface area contributed by atoms with Crippen LogP contribution in [0.1, 0.15) is 49.0 Å². The molecular formula is C26H25ClN6O3. The number of nitrogen functional groups attached to an aromatic ring is 1. The van der Waals surface area contributed by atoms with Gasteiger partial charge in [-0.1, -0.05) is 17.5 Å². The normalized spacial score (nSPS) is 17.8. The number of ether oxygens (including phenoxy) is 1. The Kier molecular flexibility index (Phi) is 6.06. The number of hydrogen-bond donors (Lipinski definition) is 2. The molecular weight excluding hydrogens is 480 g/mol. The fraction of sp³-hybridized carbons (Fsp3) is 0.308. The maximum absolute atomic E-state index is 12.7. The molecule has 0 bridgehead atoms. The highest BCUT2D eigenvalue weighted by atomic mass is 35.5. The molecule has 184 valence electrons. The van der Waals surface area contributed by atoms with Crippen LogP contribution in [0.2, 0.25) is 5.02 Å². The summed E-state index contributed by atoms with van der Waals surface area (Å²) in [6, 6.07) is 10.2. The van der Waals surface area contributed by atoms with Crippen molar-refractivity contribution in [3.05, 3.63) is 53.2 Å². The summed E-state index contributed by atoms with van der Waals surface area (Å²) in [6.45, 7) is 2.08. The first-order chi connectivity index (χ1) is 17.3. The standard InChI is InChI=1S/C26H25ClN6O3/c1-2-3-21(34)32-15-18(10-11-26(32)12-13-26)33-24(28)22(25(29)35)23(31-33)16-4-7-19(8-5-16)36-20-9-6-17(27)14-30-20/h4-9,14,18H,10-13,15,28H2,1H3,(H2,29,35)/t18-/m0/s1. The number of hydrogen-bond acceptors (Lipinski definition) is 6. The van der Waals surface area contributed by atoms with Gasteiger partial charge < -0.3 is 21.1 Å². The molecule has 5 rings (SSSR count). The highest BCUT2D eigenvalue weighted by molar-refractivity contribution is 6.30. The molecule has 1 atom stereocenters. The number of benzene rings is 1. The third-order valence-corrected chi connectivity index (χ3v) is 7.03. The average Bonchev–Trinajstić information content (AvgIpc) is 3.54. The average molecular weight is 505 g/mol. The number of halogens is 1. The van der Waals surface area contributed by atoms with Crippen molar-refractivity contribution in [3.63, 3.8) is 0 Å². The maximum Gasteiger partial charge on any atom is 0.298 e. The van der Waals surface area contributed by atoms with Gasteiger partial charge in [-0.15, -0.1) is 0 Å². The van der Waals surface area contributed by atoms with Crippen molar-refractivity contribution in [2.45, 2.75) is 44.2 Å². The summed E-state index contributed by atoms with van der Waals surface area (Å²) < 4.78 is 7.38. The van der Waals surface area contributed by atoms with E-state index >= 15 is 0 Å². The van der Waals surface area contributed by atoms with E-state index in [1.165, 1.54) is 6.20 Å². The Labute approximate surface area is 213 Å². The van der Waals surface area contributed by atoms with Gasteiger partial charge in [-0.05, 0) is 68.9 Å². The summed E-state index contributed by atoms with van der Waals surface area (Å²) in [5.74, 6) is 5.64. The highest BCUT2D eigenvalue weighted by Gasteiger charge is 2.53. The summed E-state index contributed by atoms with van der Waals surface area (Å²) in [7, 11) is 0. The van der Waals surface area contributed by atoms with Gasteiger partial charge in [0.05, 0.1) is 11.1 Å². The van der Waals surface area contributed by atoms with Crippen molar-refractivity contribution < 1.29 is 14.3 Å². The van der Waals surface area contributed by atoms with Crippen LogP contribution in [-0.4, -0.2) is 43.6 Å². The molecule has 10 heteroatoms. The molecule has 0 unspecified atom stereocenters. The second-order valence-corrected chi connectivity index (χ2v) is 9.50. The lowest BCUT2D eigenvalue weighted by atomic mass is 9.96. The van der Waals surface area contributed by atoms with E-state index in [4.69, 9.17) is 32.9 Å². The third-order valence-electron chi connectivity index (χ3n) is 6.80. The van der Waals surface area contributed by atoms with Gasteiger partial charge in [0.2, 0.25) is 5.88 Å². The SMILES string of the molecule is CC#CC(=O)N1C[C@@H](n2nc(-c3ccc(Oc4ccc(Cl)cn4)cc3)c(C(N)=O)c2N)CCC12CC2. The maximum atomic E-state index is 12.7. The summed E-state index contributed by atoms with van der Waals surface area (Å²) in [4.78, 5) is 31.0. The Morgan fingerprint density at radius 2 is 1.92 bits per heavy atom. The van der Waals surface area contributed by atoms with Gasteiger partial charge in [-0.25, -0.2) is 9.67 Å². The Morgan fingerprint density at radius 1 is 1.17 bits per heavy atom. The van der Waals surface area contributed by atoms with Crippen LogP contribution in [0.3, 0.4) is 0 Å². The number of amides is 2. The van der Waals surface area contributed by atoms with E-state index in [1.54, 1.807) is 48.0 Å². The Hall–Kier alpha value is -4.03. The molecule has 0 radical (unpaired) electrons. The van der Waals surface area contributed by atoms with Crippen LogP contribution in [0.4, 0.5) is 5.82 Å². The van der Waals surface area contributed by atoms with Crippen LogP contribution in [0, 0.1) is 11.8 Å². The number of pyridine rings is 1. The number of nitrogens with zero attached hydrogens (tertiary/aromatic N) is 4. The number of rotatable bonds is 5. The summed E-state index contributed by atoms with van der Waals surface area (Å²) in [5, 5.41) is 5.22. The van der Waals surface area contributed by atoms with E-state index in [-0.39, 0.29) is 28.9 Å². The van der Waals surface area contributed by atoms with E-state index in [0.29, 0.717) is 34.5 Å². The second-order valence-electron chi connectivity index (χ2n) is 9.07. The number of aromatic nitrogens is 3. The predicted molar refractivity (Wildman–Crippen MR) is 135 cm³/mol. The zero-order valence-electron chi connectivity index (χ0n) is 19.7. The van der Waals surface area contributed by atoms with E-state index in [0.717, 1.165) is 25.7 Å². The van der Waals surface area contributed by atoms with E-state index in [9.17, 15) is 9.59 Å². The first-order valence-electron chi connectivity index (χ1n) is 11.6. The number of carbonyl (C=O) groups excluding carboxylic acids is 2. The number of primary amides is 1. The molecule has 1 aromatic carbocycles. The van der Waals surface area contributed by atoms with Crippen LogP contribution in [0.5, 0.6) is 11.6 Å². The molecule has 4 N–H and O–H groups in total. The molecule has 1 saturated carbocycles. The van der Waals surface area contributed by atoms with Gasteiger partial charge >= 0.3 is 0 Å². The Bertz CT molecular complexity index is 1380. The zero-order chi connectivity index (χ0) is 25.4. The molecule has 9 nitrogen and oxygen atoms in total. The van der Waals surface area contributed by atoms with Gasteiger partial charge in [0.1, 0.15) is 22.8 Å². The van der Waals surface area contributed by atoms with Crippen molar-refractivity contribution in [2.24, 2.45) is 5.73 Å². The fourth-order valence-corrected chi connectivity index (χ4v) is 4.91. The number of anilines is 1. The molecule has 2 fully saturated rings. The predicted octanol–water partition coefficient (Wildman–Crippen LogP) is 3.79. The van der Waals surface area contributed by atoms with Crippen LogP contribution in [0.15, 0.2) is 42.6 Å². The highest BCUT2D eigenvalue weighted by Crippen LogP contribution is 2.50. The van der Waals surface area contributed by atoms with Crippen LogP contribution >= 0.6 is 11.6 Å². The van der Waals surface area contributed by atoms with Crippen LogP contribution in [0.25, 0.3) is 11.3 Å². The summed E-state index contributed by atoms with van der Waals surface area (Å²) >= 11 is 5.87. The lowest BCUT2D eigenvalue weighted by Gasteiger charge is -2.39. The molecule has 1 saturated heterocycles. The van der Waals surface area contributed by atoms with E-state index in [2.05, 4.69) is 16.8 Å². The number of piperidine rings is 1. The van der Waals surface area contributed by atoms with Crippen molar-refractivity contribution in [1.29, 1.82) is 0 Å². The Morgan fingerprint density at radius 3 is 2.53 bits per heavy atom. The van der Waals surface area contributed by atoms with Gasteiger partial charge in [0.15, 0.2) is 0 Å². The molecule has 2 amide bonds. The van der Waals surface area contributed by atoms with Crippen molar-refractivity contribution in [2.75, 3.05) is 12.3 Å². The van der Waals surface area contributed by atoms with E-state index in [1.807, 2.05) is 4.90 Å². The minimum absolute atomic E-state index is 0.108. The topological polar surface area (TPSA) is 129 Å². The van der Waals surface area contributed by atoms with E-state index < -0.39 is 5.91 Å². The monoisotopic (exact) mass is 504 g/mol. The van der Waals surface area contributed by atoms with Crippen molar-refractivity contribution in [3.8, 4) is 34.7 Å². The molecule has 1 aliphatic carbocycles. The first kappa shape index (κ1) is 23.7. The van der Waals surface area contributed by atoms with Crippen LogP contribution in [-0.2, 0) is 4.79 Å². The molecule has 2 aliphatic rings. The van der Waals surface area contributed by atoms with Gasteiger partial charge in [-0.2, -0.15) is 5.10 Å². The quantitative estimate of drug-likeness (QED) is 0.508. The van der Waals surface area contributed by atoms with Crippen molar-refractivity contribution >= 4 is 29.2 Å². The largest absolute Gasteiger partial charge is 0.439 e. The molecule has 1 aliphatic heterocycles. The number of likely N-dealkylation sites (tertiary alicyclic amines) is 1. The van der Waals surface area contributed by atoms with Crippen LogP contribution < -0.4 is 16.2 Å². The summed E-state index contributed by atoms with van der Waals surface area (Å²) in [5.41, 5.74) is 13.2. The lowest BCUT2D eigenvalue weighted by Crippen LogP contribution is -2.49. The summed E-state index contributed by atoms with van der Waals surface area (Å²) in [6.07, 6.45) is 5.07. The van der Waals surface area contributed by atoms with Gasteiger partial charge in [0, 0.05) is 29.9 Å². The molecule has 36 heavy (non-hydrogen) atoms.